The van der Waals surface area contributed by atoms with Crippen LogP contribution in [0.4, 0.5) is 13.2 Å². The predicted octanol–water partition coefficient (Wildman–Crippen LogP) is 3.33. The molecule has 3 heterocycles. The van der Waals surface area contributed by atoms with E-state index in [0.717, 1.165) is 18.9 Å². The number of rotatable bonds is 5. The molecule has 0 bridgehead atoms. The van der Waals surface area contributed by atoms with Crippen LogP contribution < -0.4 is 10.1 Å². The SMILES string of the molecule is COc1ccc(-c2cc(C(F)(F)F)n3nc(C(=O)NC[C@@H]4CCCO4)cc3n2)cc1. The Balaban J connectivity index is 1.69. The standard InChI is InChI=1S/C20H19F3N4O3/c1-29-13-6-4-12(5-7-13)15-9-17(20(21,22)23)27-18(25-15)10-16(26-27)19(28)24-11-14-3-2-8-30-14/h4-7,9-10,14H,2-3,8,11H2,1H3,(H,24,28)/t14-/m0/s1. The zero-order valence-corrected chi connectivity index (χ0v) is 16.1. The van der Waals surface area contributed by atoms with E-state index in [-0.39, 0.29) is 29.7 Å². The Kier molecular flexibility index (Phi) is 5.33. The molecule has 0 unspecified atom stereocenters. The smallest absolute Gasteiger partial charge is 0.433 e. The van der Waals surface area contributed by atoms with E-state index in [4.69, 9.17) is 9.47 Å². The molecule has 2 aromatic heterocycles. The van der Waals surface area contributed by atoms with Crippen molar-refractivity contribution in [2.75, 3.05) is 20.3 Å². The lowest BCUT2D eigenvalue weighted by atomic mass is 10.1. The van der Waals surface area contributed by atoms with E-state index in [9.17, 15) is 18.0 Å². The Bertz CT molecular complexity index is 1060. The third kappa shape index (κ3) is 4.09. The highest BCUT2D eigenvalue weighted by Gasteiger charge is 2.35. The summed E-state index contributed by atoms with van der Waals surface area (Å²) in [5.74, 6) is 0.000507. The van der Waals surface area contributed by atoms with Gasteiger partial charge in [0.25, 0.3) is 5.91 Å². The second-order valence-electron chi connectivity index (χ2n) is 6.90. The summed E-state index contributed by atoms with van der Waals surface area (Å²) < 4.78 is 52.2. The average molecular weight is 420 g/mol. The van der Waals surface area contributed by atoms with Gasteiger partial charge in [0.2, 0.25) is 0 Å². The van der Waals surface area contributed by atoms with Gasteiger partial charge in [-0.1, -0.05) is 0 Å². The van der Waals surface area contributed by atoms with Crippen LogP contribution in [-0.2, 0) is 10.9 Å². The second kappa shape index (κ2) is 7.94. The molecule has 1 aliphatic rings. The molecule has 0 saturated carbocycles. The van der Waals surface area contributed by atoms with Crippen LogP contribution in [-0.4, -0.2) is 46.9 Å². The first-order chi connectivity index (χ1) is 14.3. The molecule has 3 aromatic rings. The lowest BCUT2D eigenvalue weighted by Gasteiger charge is -2.11. The summed E-state index contributed by atoms with van der Waals surface area (Å²) in [6, 6.07) is 8.65. The van der Waals surface area contributed by atoms with Crippen molar-refractivity contribution in [1.82, 2.24) is 19.9 Å². The molecule has 158 valence electrons. The van der Waals surface area contributed by atoms with Crippen LogP contribution in [0.1, 0.15) is 29.0 Å². The highest BCUT2D eigenvalue weighted by atomic mass is 19.4. The number of alkyl halides is 3. The number of methoxy groups -OCH3 is 1. The number of ether oxygens (including phenoxy) is 2. The van der Waals surface area contributed by atoms with Crippen molar-refractivity contribution in [1.29, 1.82) is 0 Å². The third-order valence-corrected chi connectivity index (χ3v) is 4.85. The molecule has 30 heavy (non-hydrogen) atoms. The molecular formula is C20H19F3N4O3. The Morgan fingerprint density at radius 2 is 2.07 bits per heavy atom. The minimum atomic E-state index is -4.68. The number of hydrogen-bond acceptors (Lipinski definition) is 5. The lowest BCUT2D eigenvalue weighted by molar-refractivity contribution is -0.142. The highest BCUT2D eigenvalue weighted by Crippen LogP contribution is 2.32. The number of aromatic nitrogens is 3. The molecule has 1 aliphatic heterocycles. The van der Waals surface area contributed by atoms with Crippen molar-refractivity contribution in [3.8, 4) is 17.0 Å². The van der Waals surface area contributed by atoms with Crippen LogP contribution in [0.3, 0.4) is 0 Å². The minimum Gasteiger partial charge on any atom is -0.497 e. The van der Waals surface area contributed by atoms with Crippen LogP contribution >= 0.6 is 0 Å². The van der Waals surface area contributed by atoms with Crippen molar-refractivity contribution in [3.63, 3.8) is 0 Å². The molecule has 10 heteroatoms. The first kappa shape index (κ1) is 20.1. The number of carbonyl (C=O) groups excluding carboxylic acids is 1. The third-order valence-electron chi connectivity index (χ3n) is 4.85. The van der Waals surface area contributed by atoms with Crippen molar-refractivity contribution in [2.45, 2.75) is 25.1 Å². The molecule has 0 aliphatic carbocycles. The van der Waals surface area contributed by atoms with Gasteiger partial charge < -0.3 is 14.8 Å². The zero-order valence-electron chi connectivity index (χ0n) is 16.1. The zero-order chi connectivity index (χ0) is 21.3. The monoisotopic (exact) mass is 420 g/mol. The highest BCUT2D eigenvalue weighted by molar-refractivity contribution is 5.93. The summed E-state index contributed by atoms with van der Waals surface area (Å²) >= 11 is 0. The van der Waals surface area contributed by atoms with E-state index in [0.29, 0.717) is 22.4 Å². The van der Waals surface area contributed by atoms with Crippen molar-refractivity contribution >= 4 is 11.6 Å². The number of nitrogens with zero attached hydrogens (tertiary/aromatic N) is 3. The molecule has 1 saturated heterocycles. The normalized spacial score (nSPS) is 16.7. The van der Waals surface area contributed by atoms with Crippen LogP contribution in [0, 0.1) is 0 Å². The molecular weight excluding hydrogens is 401 g/mol. The first-order valence-corrected chi connectivity index (χ1v) is 9.37. The topological polar surface area (TPSA) is 77.8 Å². The van der Waals surface area contributed by atoms with Gasteiger partial charge in [0.05, 0.1) is 18.9 Å². The molecule has 1 N–H and O–H groups in total. The van der Waals surface area contributed by atoms with Crippen LogP contribution in [0.5, 0.6) is 5.75 Å². The van der Waals surface area contributed by atoms with Gasteiger partial charge in [-0.15, -0.1) is 0 Å². The van der Waals surface area contributed by atoms with Gasteiger partial charge in [0, 0.05) is 24.8 Å². The summed E-state index contributed by atoms with van der Waals surface area (Å²) in [4.78, 5) is 16.7. The molecule has 1 aromatic carbocycles. The van der Waals surface area contributed by atoms with Crippen LogP contribution in [0.2, 0.25) is 0 Å². The summed E-state index contributed by atoms with van der Waals surface area (Å²) in [5, 5.41) is 6.50. The second-order valence-corrected chi connectivity index (χ2v) is 6.90. The summed E-state index contributed by atoms with van der Waals surface area (Å²) in [6.45, 7) is 0.922. The first-order valence-electron chi connectivity index (χ1n) is 9.37. The number of fused-ring (bicyclic) bond motifs is 1. The number of hydrogen-bond donors (Lipinski definition) is 1. The Hall–Kier alpha value is -3.14. The van der Waals surface area contributed by atoms with Gasteiger partial charge in [0.1, 0.15) is 5.75 Å². The number of nitrogens with one attached hydrogen (secondary N) is 1. The maximum Gasteiger partial charge on any atom is 0.433 e. The van der Waals surface area contributed by atoms with Crippen molar-refractivity contribution in [2.24, 2.45) is 0 Å². The fourth-order valence-corrected chi connectivity index (χ4v) is 3.30. The Morgan fingerprint density at radius 3 is 2.70 bits per heavy atom. The molecule has 1 amide bonds. The van der Waals surface area contributed by atoms with Crippen molar-refractivity contribution in [3.05, 3.63) is 47.8 Å². The van der Waals surface area contributed by atoms with Crippen molar-refractivity contribution < 1.29 is 27.4 Å². The fraction of sp³-hybridized carbons (Fsp3) is 0.350. The van der Waals surface area contributed by atoms with E-state index >= 15 is 0 Å². The summed E-state index contributed by atoms with van der Waals surface area (Å²) in [6.07, 6.45) is -3.02. The Morgan fingerprint density at radius 1 is 1.30 bits per heavy atom. The number of carbonyl (C=O) groups is 1. The fourth-order valence-electron chi connectivity index (χ4n) is 3.30. The molecule has 4 rings (SSSR count). The maximum atomic E-state index is 13.7. The predicted molar refractivity (Wildman–Crippen MR) is 101 cm³/mol. The minimum absolute atomic E-state index is 0.0714. The van der Waals surface area contributed by atoms with E-state index in [1.54, 1.807) is 24.3 Å². The molecule has 1 fully saturated rings. The van der Waals surface area contributed by atoms with E-state index in [2.05, 4.69) is 15.4 Å². The summed E-state index contributed by atoms with van der Waals surface area (Å²) in [7, 11) is 1.50. The lowest BCUT2D eigenvalue weighted by Crippen LogP contribution is -2.32. The summed E-state index contributed by atoms with van der Waals surface area (Å²) in [5.41, 5.74) is -0.634. The maximum absolute atomic E-state index is 13.7. The number of benzene rings is 1. The molecule has 7 nitrogen and oxygen atoms in total. The van der Waals surface area contributed by atoms with Crippen LogP contribution in [0.15, 0.2) is 36.4 Å². The Labute approximate surface area is 169 Å². The average Bonchev–Trinajstić information content (AvgIpc) is 3.40. The van der Waals surface area contributed by atoms with Crippen LogP contribution in [0.25, 0.3) is 16.9 Å². The van der Waals surface area contributed by atoms with Gasteiger partial charge in [-0.25, -0.2) is 9.50 Å². The van der Waals surface area contributed by atoms with E-state index in [1.807, 2.05) is 0 Å². The number of halogens is 3. The molecule has 0 spiro atoms. The quantitative estimate of drug-likeness (QED) is 0.685. The number of amides is 1. The van der Waals surface area contributed by atoms with E-state index in [1.165, 1.54) is 13.2 Å². The molecule has 0 radical (unpaired) electrons. The molecule has 1 atom stereocenters. The van der Waals surface area contributed by atoms with Gasteiger partial charge in [-0.05, 0) is 43.2 Å². The van der Waals surface area contributed by atoms with Gasteiger partial charge in [-0.2, -0.15) is 18.3 Å². The van der Waals surface area contributed by atoms with Gasteiger partial charge in [0.15, 0.2) is 17.0 Å². The largest absolute Gasteiger partial charge is 0.497 e. The van der Waals surface area contributed by atoms with Gasteiger partial charge in [-0.3, -0.25) is 4.79 Å². The van der Waals surface area contributed by atoms with E-state index < -0.39 is 17.8 Å². The van der Waals surface area contributed by atoms with Gasteiger partial charge >= 0.3 is 6.18 Å².